The highest BCUT2D eigenvalue weighted by atomic mass is 35.5. The third kappa shape index (κ3) is 3.62. The number of rotatable bonds is 5. The lowest BCUT2D eigenvalue weighted by atomic mass is 9.77. The van der Waals surface area contributed by atoms with Gasteiger partial charge < -0.3 is 14.2 Å². The number of methoxy groups -OCH3 is 3. The molecule has 32 heavy (non-hydrogen) atoms. The van der Waals surface area contributed by atoms with Gasteiger partial charge in [-0.15, -0.1) is 0 Å². The van der Waals surface area contributed by atoms with E-state index >= 15 is 0 Å². The molecule has 1 atom stereocenters. The summed E-state index contributed by atoms with van der Waals surface area (Å²) in [6, 6.07) is 9.16. The second kappa shape index (κ2) is 8.87. The van der Waals surface area contributed by atoms with Crippen molar-refractivity contribution in [2.24, 2.45) is 0 Å². The van der Waals surface area contributed by atoms with Gasteiger partial charge in [0.15, 0.2) is 17.3 Å². The summed E-state index contributed by atoms with van der Waals surface area (Å²) in [7, 11) is 4.64. The van der Waals surface area contributed by atoms with Crippen LogP contribution in [0.25, 0.3) is 0 Å². The molecule has 0 bridgehead atoms. The largest absolute Gasteiger partial charge is 0.493 e. The van der Waals surface area contributed by atoms with Crippen molar-refractivity contribution in [1.29, 1.82) is 0 Å². The fraction of sp³-hybridized carbons (Fsp3) is 0.360. The molecule has 1 heterocycles. The summed E-state index contributed by atoms with van der Waals surface area (Å²) in [5.74, 6) is 1.08. The molecule has 1 aliphatic carbocycles. The first-order chi connectivity index (χ1) is 15.4. The molecule has 0 saturated carbocycles. The average molecular weight is 456 g/mol. The van der Waals surface area contributed by atoms with E-state index in [1.807, 2.05) is 31.2 Å². The number of Topliss-reactive ketones (excluding diaryl/α,β-unsaturated/α-hetero) is 1. The minimum atomic E-state index is -0.380. The lowest BCUT2D eigenvalue weighted by Gasteiger charge is -2.39. The molecule has 0 spiro atoms. The number of allylic oxidation sites excluding steroid dienone is 2. The maximum atomic E-state index is 13.5. The average Bonchev–Trinajstić information content (AvgIpc) is 2.80. The molecule has 0 unspecified atom stereocenters. The molecule has 2 aromatic carbocycles. The number of ether oxygens (including phenoxy) is 3. The minimum Gasteiger partial charge on any atom is -0.493 e. The number of halogens is 1. The van der Waals surface area contributed by atoms with Crippen molar-refractivity contribution in [2.45, 2.75) is 38.5 Å². The number of carbonyl (C=O) groups excluding carboxylic acids is 2. The molecule has 6 nitrogen and oxygen atoms in total. The van der Waals surface area contributed by atoms with Crippen LogP contribution in [0.1, 0.15) is 42.7 Å². The van der Waals surface area contributed by atoms with Gasteiger partial charge in [-0.05, 0) is 55.2 Å². The summed E-state index contributed by atoms with van der Waals surface area (Å²) in [4.78, 5) is 28.4. The van der Waals surface area contributed by atoms with E-state index in [0.29, 0.717) is 47.1 Å². The number of hydrogen-bond acceptors (Lipinski definition) is 5. The van der Waals surface area contributed by atoms with E-state index in [-0.39, 0.29) is 24.0 Å². The molecular weight excluding hydrogens is 430 g/mol. The van der Waals surface area contributed by atoms with Crippen LogP contribution >= 0.6 is 11.6 Å². The summed E-state index contributed by atoms with van der Waals surface area (Å²) < 4.78 is 16.4. The number of ketones is 1. The Kier molecular flexibility index (Phi) is 6.15. The number of nitrogens with zero attached hydrogens (tertiary/aromatic N) is 1. The number of carbonyl (C=O) groups is 2. The summed E-state index contributed by atoms with van der Waals surface area (Å²) in [6.07, 6.45) is 1.99. The SMILES string of the molecule is COc1cc([C@H]2CC(=O)N(c3cccc(Cl)c3C)C3=C2C(=O)CCC3)cc(OC)c1OC. The van der Waals surface area contributed by atoms with E-state index < -0.39 is 0 Å². The predicted molar refractivity (Wildman–Crippen MR) is 123 cm³/mol. The highest BCUT2D eigenvalue weighted by Crippen LogP contribution is 2.48. The maximum Gasteiger partial charge on any atom is 0.232 e. The van der Waals surface area contributed by atoms with Crippen LogP contribution in [0.4, 0.5) is 5.69 Å². The normalized spacial score (nSPS) is 18.5. The van der Waals surface area contributed by atoms with Crippen LogP contribution in [0, 0.1) is 6.92 Å². The van der Waals surface area contributed by atoms with Crippen molar-refractivity contribution < 1.29 is 23.8 Å². The van der Waals surface area contributed by atoms with Crippen molar-refractivity contribution in [3.05, 3.63) is 57.8 Å². The molecule has 0 fully saturated rings. The van der Waals surface area contributed by atoms with Gasteiger partial charge in [0.2, 0.25) is 11.7 Å². The van der Waals surface area contributed by atoms with E-state index in [9.17, 15) is 9.59 Å². The molecule has 2 aromatic rings. The van der Waals surface area contributed by atoms with Crippen LogP contribution in [-0.2, 0) is 9.59 Å². The van der Waals surface area contributed by atoms with E-state index in [4.69, 9.17) is 25.8 Å². The first kappa shape index (κ1) is 22.2. The molecule has 2 aliphatic rings. The first-order valence-electron chi connectivity index (χ1n) is 10.6. The minimum absolute atomic E-state index is 0.0671. The Morgan fingerprint density at radius 2 is 1.69 bits per heavy atom. The summed E-state index contributed by atoms with van der Waals surface area (Å²) >= 11 is 6.34. The van der Waals surface area contributed by atoms with Crippen LogP contribution < -0.4 is 19.1 Å². The van der Waals surface area contributed by atoms with Gasteiger partial charge in [0.05, 0.1) is 27.0 Å². The number of amides is 1. The molecule has 4 rings (SSSR count). The third-order valence-electron chi connectivity index (χ3n) is 6.24. The zero-order chi connectivity index (χ0) is 23.0. The Hall–Kier alpha value is -2.99. The first-order valence-corrected chi connectivity index (χ1v) is 10.9. The van der Waals surface area contributed by atoms with Crippen LogP contribution in [0.2, 0.25) is 5.02 Å². The predicted octanol–water partition coefficient (Wildman–Crippen LogP) is 5.20. The van der Waals surface area contributed by atoms with E-state index in [1.54, 1.807) is 32.3 Å². The molecule has 0 aromatic heterocycles. The monoisotopic (exact) mass is 455 g/mol. The Bertz CT molecular complexity index is 1100. The van der Waals surface area contributed by atoms with E-state index in [0.717, 1.165) is 22.5 Å². The maximum absolute atomic E-state index is 13.5. The van der Waals surface area contributed by atoms with Gasteiger partial charge in [-0.25, -0.2) is 0 Å². The highest BCUT2D eigenvalue weighted by Gasteiger charge is 2.40. The van der Waals surface area contributed by atoms with Crippen molar-refractivity contribution in [3.8, 4) is 17.2 Å². The Morgan fingerprint density at radius 3 is 2.31 bits per heavy atom. The van der Waals surface area contributed by atoms with Gasteiger partial charge in [-0.3, -0.25) is 14.5 Å². The van der Waals surface area contributed by atoms with Crippen LogP contribution in [0.5, 0.6) is 17.2 Å². The lowest BCUT2D eigenvalue weighted by molar-refractivity contribution is -0.119. The lowest BCUT2D eigenvalue weighted by Crippen LogP contribution is -2.41. The quantitative estimate of drug-likeness (QED) is 0.619. The molecule has 0 N–H and O–H groups in total. The van der Waals surface area contributed by atoms with E-state index in [1.165, 1.54) is 0 Å². The second-order valence-corrected chi connectivity index (χ2v) is 8.37. The fourth-order valence-corrected chi connectivity index (χ4v) is 4.87. The molecule has 7 heteroatoms. The highest BCUT2D eigenvalue weighted by molar-refractivity contribution is 6.31. The summed E-state index contributed by atoms with van der Waals surface area (Å²) in [5.41, 5.74) is 3.79. The summed E-state index contributed by atoms with van der Waals surface area (Å²) in [6.45, 7) is 1.89. The van der Waals surface area contributed by atoms with Crippen molar-refractivity contribution in [2.75, 3.05) is 26.2 Å². The summed E-state index contributed by atoms with van der Waals surface area (Å²) in [5, 5.41) is 0.589. The topological polar surface area (TPSA) is 65.1 Å². The third-order valence-corrected chi connectivity index (χ3v) is 6.65. The van der Waals surface area contributed by atoms with Gasteiger partial charge in [0.1, 0.15) is 0 Å². The Balaban J connectivity index is 1.90. The van der Waals surface area contributed by atoms with Gasteiger partial charge in [0.25, 0.3) is 0 Å². The van der Waals surface area contributed by atoms with Gasteiger partial charge in [0, 0.05) is 35.1 Å². The number of benzene rings is 2. The van der Waals surface area contributed by atoms with Gasteiger partial charge in [-0.2, -0.15) is 0 Å². The van der Waals surface area contributed by atoms with E-state index in [2.05, 4.69) is 0 Å². The molecule has 0 radical (unpaired) electrons. The number of hydrogen-bond donors (Lipinski definition) is 0. The van der Waals surface area contributed by atoms with Crippen LogP contribution in [-0.4, -0.2) is 33.0 Å². The van der Waals surface area contributed by atoms with Crippen molar-refractivity contribution in [3.63, 3.8) is 0 Å². The molecule has 168 valence electrons. The standard InChI is InChI=1S/C25H26ClNO5/c1-14-17(26)7-5-8-18(14)27-19-9-6-10-20(28)24(19)16(13-23(27)29)15-11-21(30-2)25(32-4)22(12-15)31-3/h5,7-8,11-12,16H,6,9-10,13H2,1-4H3/t16-/m1/s1. The van der Waals surface area contributed by atoms with Crippen LogP contribution in [0.15, 0.2) is 41.6 Å². The Labute approximate surface area is 192 Å². The van der Waals surface area contributed by atoms with Gasteiger partial charge >= 0.3 is 0 Å². The second-order valence-electron chi connectivity index (χ2n) is 7.97. The van der Waals surface area contributed by atoms with Crippen LogP contribution in [0.3, 0.4) is 0 Å². The zero-order valence-corrected chi connectivity index (χ0v) is 19.4. The molecule has 0 saturated heterocycles. The fourth-order valence-electron chi connectivity index (χ4n) is 4.70. The van der Waals surface area contributed by atoms with Crippen molar-refractivity contribution in [1.82, 2.24) is 0 Å². The van der Waals surface area contributed by atoms with Crippen molar-refractivity contribution >= 4 is 29.0 Å². The molecule has 1 amide bonds. The smallest absolute Gasteiger partial charge is 0.232 e. The number of anilines is 1. The molecular formula is C25H26ClNO5. The molecule has 1 aliphatic heterocycles. The zero-order valence-electron chi connectivity index (χ0n) is 18.7. The van der Waals surface area contributed by atoms with Gasteiger partial charge in [-0.1, -0.05) is 17.7 Å². The Morgan fingerprint density at radius 1 is 1.00 bits per heavy atom.